The lowest BCUT2D eigenvalue weighted by molar-refractivity contribution is 0.0592. The Bertz CT molecular complexity index is 322. The molecule has 0 bridgehead atoms. The second kappa shape index (κ2) is 4.71. The molecule has 0 fully saturated rings. The number of rotatable bonds is 4. The van der Waals surface area contributed by atoms with Gasteiger partial charge >= 0.3 is 5.97 Å². The van der Waals surface area contributed by atoms with Crippen LogP contribution in [0.15, 0.2) is 0 Å². The van der Waals surface area contributed by atoms with Gasteiger partial charge in [0.05, 0.1) is 26.0 Å². The van der Waals surface area contributed by atoms with E-state index >= 15 is 0 Å². The molecule has 6 heteroatoms. The molecule has 0 aliphatic heterocycles. The summed E-state index contributed by atoms with van der Waals surface area (Å²) in [7, 11) is 1.30. The number of methoxy groups -OCH3 is 1. The van der Waals surface area contributed by atoms with Crippen molar-refractivity contribution in [2.24, 2.45) is 0 Å². The van der Waals surface area contributed by atoms with Gasteiger partial charge in [-0.3, -0.25) is 0 Å². The monoisotopic (exact) mass is 199 g/mol. The highest BCUT2D eigenvalue weighted by atomic mass is 16.5. The van der Waals surface area contributed by atoms with E-state index in [-0.39, 0.29) is 12.3 Å². The van der Waals surface area contributed by atoms with Crippen LogP contribution < -0.4 is 0 Å². The molecule has 0 aliphatic rings. The van der Waals surface area contributed by atoms with Crippen LogP contribution in [0.3, 0.4) is 0 Å². The van der Waals surface area contributed by atoms with Crippen LogP contribution in [0.5, 0.6) is 0 Å². The Morgan fingerprint density at radius 1 is 1.64 bits per heavy atom. The molecule has 0 unspecified atom stereocenters. The molecule has 0 amide bonds. The third kappa shape index (κ3) is 1.90. The predicted octanol–water partition coefficient (Wildman–Crippen LogP) is -0.381. The first kappa shape index (κ1) is 10.6. The summed E-state index contributed by atoms with van der Waals surface area (Å²) in [6.07, 6.45) is 0.622. The van der Waals surface area contributed by atoms with E-state index < -0.39 is 5.97 Å². The van der Waals surface area contributed by atoms with Gasteiger partial charge in [0.15, 0.2) is 5.69 Å². The summed E-state index contributed by atoms with van der Waals surface area (Å²) in [4.78, 5) is 11.2. The minimum absolute atomic E-state index is 0.0308. The summed E-state index contributed by atoms with van der Waals surface area (Å²) in [6, 6.07) is 0. The largest absolute Gasteiger partial charge is 0.464 e. The second-order valence-electron chi connectivity index (χ2n) is 2.68. The predicted molar refractivity (Wildman–Crippen MR) is 47.8 cm³/mol. The van der Waals surface area contributed by atoms with Crippen molar-refractivity contribution < 1.29 is 14.6 Å². The van der Waals surface area contributed by atoms with Crippen molar-refractivity contribution in [2.75, 3.05) is 13.7 Å². The first-order chi connectivity index (χ1) is 6.74. The zero-order valence-corrected chi connectivity index (χ0v) is 8.23. The van der Waals surface area contributed by atoms with Gasteiger partial charge in [0.1, 0.15) is 0 Å². The molecule has 0 spiro atoms. The van der Waals surface area contributed by atoms with Crippen molar-refractivity contribution in [3.8, 4) is 0 Å². The third-order valence-corrected chi connectivity index (χ3v) is 1.86. The van der Waals surface area contributed by atoms with E-state index in [2.05, 4.69) is 15.0 Å². The first-order valence-electron chi connectivity index (χ1n) is 4.36. The minimum atomic E-state index is -0.494. The molecule has 1 N–H and O–H groups in total. The number of nitrogens with zero attached hydrogens (tertiary/aromatic N) is 3. The molecular formula is C8H13N3O3. The van der Waals surface area contributed by atoms with E-state index in [0.717, 1.165) is 0 Å². The highest BCUT2D eigenvalue weighted by molar-refractivity contribution is 5.88. The number of esters is 1. The standard InChI is InChI=1S/C8H13N3O3/c1-3-6-7(8(13)14-2)9-10-11(6)4-5-12/h12H,3-5H2,1-2H3. The molecular weight excluding hydrogens is 186 g/mol. The van der Waals surface area contributed by atoms with E-state index in [0.29, 0.717) is 18.7 Å². The number of hydrogen-bond donors (Lipinski definition) is 1. The Hall–Kier alpha value is -1.43. The topological polar surface area (TPSA) is 77.2 Å². The normalized spacial score (nSPS) is 10.2. The molecule has 0 saturated heterocycles. The average Bonchev–Trinajstić information content (AvgIpc) is 2.60. The fourth-order valence-electron chi connectivity index (χ4n) is 1.21. The lowest BCUT2D eigenvalue weighted by atomic mass is 10.2. The highest BCUT2D eigenvalue weighted by Gasteiger charge is 2.18. The summed E-state index contributed by atoms with van der Waals surface area (Å²) >= 11 is 0. The molecule has 78 valence electrons. The summed E-state index contributed by atoms with van der Waals surface area (Å²) in [6.45, 7) is 2.20. The summed E-state index contributed by atoms with van der Waals surface area (Å²) in [5.74, 6) is -0.494. The molecule has 1 aromatic heterocycles. The van der Waals surface area contributed by atoms with Gasteiger partial charge in [0.25, 0.3) is 0 Å². The molecule has 14 heavy (non-hydrogen) atoms. The minimum Gasteiger partial charge on any atom is -0.464 e. The zero-order chi connectivity index (χ0) is 10.6. The van der Waals surface area contributed by atoms with E-state index in [4.69, 9.17) is 5.11 Å². The van der Waals surface area contributed by atoms with Crippen molar-refractivity contribution in [1.82, 2.24) is 15.0 Å². The lowest BCUT2D eigenvalue weighted by Gasteiger charge is -2.02. The molecule has 6 nitrogen and oxygen atoms in total. The second-order valence-corrected chi connectivity index (χ2v) is 2.68. The molecule has 0 aromatic carbocycles. The molecule has 0 radical (unpaired) electrons. The zero-order valence-electron chi connectivity index (χ0n) is 8.23. The number of aliphatic hydroxyl groups is 1. The third-order valence-electron chi connectivity index (χ3n) is 1.86. The molecule has 1 rings (SSSR count). The maximum Gasteiger partial charge on any atom is 0.360 e. The van der Waals surface area contributed by atoms with Crippen LogP contribution >= 0.6 is 0 Å². The van der Waals surface area contributed by atoms with Crippen molar-refractivity contribution >= 4 is 5.97 Å². The van der Waals surface area contributed by atoms with Crippen LogP contribution in [0, 0.1) is 0 Å². The van der Waals surface area contributed by atoms with E-state index in [1.165, 1.54) is 11.8 Å². The van der Waals surface area contributed by atoms with Gasteiger partial charge in [-0.2, -0.15) is 0 Å². The van der Waals surface area contributed by atoms with Gasteiger partial charge < -0.3 is 9.84 Å². The van der Waals surface area contributed by atoms with Crippen LogP contribution in [-0.2, 0) is 17.7 Å². The van der Waals surface area contributed by atoms with Crippen LogP contribution in [0.1, 0.15) is 23.1 Å². The molecule has 0 aliphatic carbocycles. The summed E-state index contributed by atoms with van der Waals surface area (Å²) < 4.78 is 6.06. The van der Waals surface area contributed by atoms with Crippen LogP contribution in [-0.4, -0.2) is 39.8 Å². The number of carbonyl (C=O) groups excluding carboxylic acids is 1. The smallest absolute Gasteiger partial charge is 0.360 e. The number of aliphatic hydroxyl groups excluding tert-OH is 1. The highest BCUT2D eigenvalue weighted by Crippen LogP contribution is 2.07. The van der Waals surface area contributed by atoms with Crippen LogP contribution in [0.2, 0.25) is 0 Å². The van der Waals surface area contributed by atoms with Gasteiger partial charge in [-0.05, 0) is 6.42 Å². The van der Waals surface area contributed by atoms with Gasteiger partial charge in [0, 0.05) is 0 Å². The SMILES string of the molecule is CCc1c(C(=O)OC)nnn1CCO. The Morgan fingerprint density at radius 2 is 2.36 bits per heavy atom. The number of hydrogen-bond acceptors (Lipinski definition) is 5. The molecule has 0 saturated carbocycles. The molecule has 0 atom stereocenters. The summed E-state index contributed by atoms with van der Waals surface area (Å²) in [5, 5.41) is 16.2. The average molecular weight is 199 g/mol. The number of carbonyl (C=O) groups is 1. The van der Waals surface area contributed by atoms with Crippen LogP contribution in [0.4, 0.5) is 0 Å². The van der Waals surface area contributed by atoms with Gasteiger partial charge in [-0.1, -0.05) is 12.1 Å². The van der Waals surface area contributed by atoms with Crippen molar-refractivity contribution in [2.45, 2.75) is 19.9 Å². The van der Waals surface area contributed by atoms with Gasteiger partial charge in [-0.25, -0.2) is 9.48 Å². The van der Waals surface area contributed by atoms with Crippen LogP contribution in [0.25, 0.3) is 0 Å². The van der Waals surface area contributed by atoms with E-state index in [9.17, 15) is 4.79 Å². The summed E-state index contributed by atoms with van der Waals surface area (Å²) in [5.41, 5.74) is 0.911. The molecule has 1 aromatic rings. The fourth-order valence-corrected chi connectivity index (χ4v) is 1.21. The Morgan fingerprint density at radius 3 is 2.86 bits per heavy atom. The van der Waals surface area contributed by atoms with Crippen molar-refractivity contribution in [3.05, 3.63) is 11.4 Å². The number of ether oxygens (including phenoxy) is 1. The van der Waals surface area contributed by atoms with E-state index in [1.807, 2.05) is 6.92 Å². The maximum absolute atomic E-state index is 11.2. The first-order valence-corrected chi connectivity index (χ1v) is 4.36. The number of aromatic nitrogens is 3. The van der Waals surface area contributed by atoms with Gasteiger partial charge in [0.2, 0.25) is 0 Å². The Labute approximate surface area is 81.5 Å². The lowest BCUT2D eigenvalue weighted by Crippen LogP contribution is -2.10. The quantitative estimate of drug-likeness (QED) is 0.669. The molecule has 1 heterocycles. The fraction of sp³-hybridized carbons (Fsp3) is 0.625. The maximum atomic E-state index is 11.2. The van der Waals surface area contributed by atoms with E-state index in [1.54, 1.807) is 0 Å². The Balaban J connectivity index is 3.00. The Kier molecular flexibility index (Phi) is 3.58. The van der Waals surface area contributed by atoms with Crippen molar-refractivity contribution in [3.63, 3.8) is 0 Å². The van der Waals surface area contributed by atoms with Gasteiger partial charge in [-0.15, -0.1) is 5.10 Å². The van der Waals surface area contributed by atoms with Crippen molar-refractivity contribution in [1.29, 1.82) is 0 Å².